The molecule has 0 saturated carbocycles. The predicted octanol–water partition coefficient (Wildman–Crippen LogP) is 4.03. The van der Waals surface area contributed by atoms with E-state index in [1.165, 1.54) is 91.9 Å². The van der Waals surface area contributed by atoms with Crippen LogP contribution in [0.15, 0.2) is 91.0 Å². The zero-order valence-corrected chi connectivity index (χ0v) is 29.8. The quantitative estimate of drug-likeness (QED) is 0.249. The van der Waals surface area contributed by atoms with Gasteiger partial charge in [-0.25, -0.2) is 17.7 Å². The predicted molar refractivity (Wildman–Crippen MR) is 170 cm³/mol. The number of halogens is 2. The number of benzene rings is 3. The van der Waals surface area contributed by atoms with Crippen LogP contribution in [0.5, 0.6) is 0 Å². The Hall–Kier alpha value is -2.18. The van der Waals surface area contributed by atoms with Crippen LogP contribution >= 0.6 is 0 Å². The van der Waals surface area contributed by atoms with E-state index < -0.39 is 0 Å². The zero-order chi connectivity index (χ0) is 28.7. The standard InChI is InChI=1S/C25H25.C9H10.C5H5.2ClH.Zr/c1-14-12-24(3,4)22-8-16-7-17-9-23-19(15(2)13-25(23,5)6)11-21(17)20(16)10-18(14)22;1-2-6-9-7-4-3-5-8-9;1-2-4-5-3-1;;;/h8-12H,7H2,1-6H3;3-5,7-8H,2H2,1H3;1-5H;2*1H;/q-1;;-1;;;+2/p-2. The van der Waals surface area contributed by atoms with Crippen molar-refractivity contribution in [1.29, 1.82) is 0 Å². The van der Waals surface area contributed by atoms with E-state index in [0.29, 0.717) is 0 Å². The van der Waals surface area contributed by atoms with Crippen LogP contribution in [0.3, 0.4) is 0 Å². The van der Waals surface area contributed by atoms with E-state index in [2.05, 4.69) is 115 Å². The van der Waals surface area contributed by atoms with E-state index in [4.69, 9.17) is 0 Å². The Balaban J connectivity index is 0.000000237. The van der Waals surface area contributed by atoms with Gasteiger partial charge in [0, 0.05) is 5.41 Å². The number of fused-ring (bicyclic) bond motifs is 5. The summed E-state index contributed by atoms with van der Waals surface area (Å²) in [6.07, 6.45) is 8.32. The largest absolute Gasteiger partial charge is 1.00 e. The Morgan fingerprint density at radius 3 is 1.90 bits per heavy atom. The smallest absolute Gasteiger partial charge is 0.172 e. The van der Waals surface area contributed by atoms with Gasteiger partial charge in [0.1, 0.15) is 0 Å². The Morgan fingerprint density at radius 2 is 1.36 bits per heavy atom. The second-order valence-electron chi connectivity index (χ2n) is 12.4. The van der Waals surface area contributed by atoms with Crippen molar-refractivity contribution in [3.63, 3.8) is 0 Å². The van der Waals surface area contributed by atoms with Gasteiger partial charge < -0.3 is 24.8 Å². The maximum Gasteiger partial charge on any atom is -0.172 e. The fourth-order valence-electron chi connectivity index (χ4n) is 6.44. The molecule has 0 spiro atoms. The first-order chi connectivity index (χ1) is 19.0. The van der Waals surface area contributed by atoms with Gasteiger partial charge in [0.2, 0.25) is 0 Å². The minimum absolute atomic E-state index is 0. The Labute approximate surface area is 280 Å². The van der Waals surface area contributed by atoms with Crippen LogP contribution in [0.1, 0.15) is 93.8 Å². The molecule has 0 nitrogen and oxygen atoms in total. The number of rotatable bonds is 2. The molecule has 0 amide bonds. The maximum atomic E-state index is 3.65. The van der Waals surface area contributed by atoms with Gasteiger partial charge in [0.15, 0.2) is 0 Å². The molecule has 0 unspecified atom stereocenters. The zero-order valence-electron chi connectivity index (χ0n) is 25.8. The van der Waals surface area contributed by atoms with Crippen LogP contribution in [0.2, 0.25) is 0 Å². The summed E-state index contributed by atoms with van der Waals surface area (Å²) >= 11 is 1.54. The summed E-state index contributed by atoms with van der Waals surface area (Å²) < 4.78 is 1.55. The molecule has 0 N–H and O–H groups in total. The molecular formula is C39H40Cl2Zr-2. The Kier molecular flexibility index (Phi) is 11.1. The van der Waals surface area contributed by atoms with Crippen LogP contribution < -0.4 is 24.8 Å². The molecule has 0 aliphatic heterocycles. The van der Waals surface area contributed by atoms with Gasteiger partial charge >= 0.3 is 76.7 Å². The molecule has 3 aliphatic carbocycles. The van der Waals surface area contributed by atoms with Gasteiger partial charge in [-0.2, -0.15) is 23.8 Å². The van der Waals surface area contributed by atoms with Crippen molar-refractivity contribution in [3.05, 3.63) is 136 Å². The third-order valence-electron chi connectivity index (χ3n) is 8.46. The second kappa shape index (κ2) is 13.6. The monoisotopic (exact) mass is 668 g/mol. The van der Waals surface area contributed by atoms with Crippen molar-refractivity contribution in [3.8, 4) is 11.1 Å². The first-order valence-electron chi connectivity index (χ1n) is 14.5. The molecule has 0 saturated heterocycles. The molecule has 7 rings (SSSR count). The molecule has 4 aromatic carbocycles. The van der Waals surface area contributed by atoms with Crippen molar-refractivity contribution in [2.75, 3.05) is 0 Å². The summed E-state index contributed by atoms with van der Waals surface area (Å²) in [6, 6.07) is 30.4. The Morgan fingerprint density at radius 1 is 0.786 bits per heavy atom. The molecule has 0 bridgehead atoms. The van der Waals surface area contributed by atoms with Crippen LogP contribution in [-0.4, -0.2) is 3.21 Å². The summed E-state index contributed by atoms with van der Waals surface area (Å²) in [5.74, 6) is 0. The van der Waals surface area contributed by atoms with Crippen molar-refractivity contribution in [1.82, 2.24) is 0 Å². The molecule has 4 aromatic rings. The van der Waals surface area contributed by atoms with Gasteiger partial charge in [-0.1, -0.05) is 58.2 Å². The molecule has 0 aromatic heterocycles. The van der Waals surface area contributed by atoms with Crippen molar-refractivity contribution in [2.45, 2.75) is 72.1 Å². The van der Waals surface area contributed by atoms with E-state index in [1.807, 2.05) is 30.3 Å². The van der Waals surface area contributed by atoms with Crippen molar-refractivity contribution >= 4 is 14.4 Å². The maximum absolute atomic E-state index is 3.65. The summed E-state index contributed by atoms with van der Waals surface area (Å²) in [5, 5.41) is 0. The number of allylic oxidation sites excluding steroid dienone is 4. The Bertz CT molecular complexity index is 1520. The van der Waals surface area contributed by atoms with Crippen molar-refractivity contribution in [2.24, 2.45) is 0 Å². The summed E-state index contributed by atoms with van der Waals surface area (Å²) in [4.78, 5) is 0. The fraction of sp³-hybridized carbons (Fsp3) is 0.282. The third kappa shape index (κ3) is 6.80. The van der Waals surface area contributed by atoms with E-state index in [1.54, 1.807) is 3.21 Å². The van der Waals surface area contributed by atoms with E-state index in [-0.39, 0.29) is 35.6 Å². The van der Waals surface area contributed by atoms with Crippen LogP contribution in [0.4, 0.5) is 0 Å². The molecule has 0 heterocycles. The minimum Gasteiger partial charge on any atom is -1.00 e. The fourth-order valence-corrected chi connectivity index (χ4v) is 6.85. The first-order valence-corrected chi connectivity index (χ1v) is 15.7. The van der Waals surface area contributed by atoms with Crippen LogP contribution in [-0.2, 0) is 41.5 Å². The average Bonchev–Trinajstić information content (AvgIpc) is 3.70. The van der Waals surface area contributed by atoms with Gasteiger partial charge in [-0.3, -0.25) is 6.08 Å². The van der Waals surface area contributed by atoms with Gasteiger partial charge in [-0.15, -0.1) is 11.6 Å². The average molecular weight is 671 g/mol. The number of hydrogen-bond acceptors (Lipinski definition) is 0. The number of hydrogen-bond donors (Lipinski definition) is 0. The third-order valence-corrected chi connectivity index (χ3v) is 10.0. The SMILES string of the molecule is CC1=[C-]C(C)(C)c2cc3c(cc21)-c1cc2c(cc1C3)C(C)(C)C=C2C.CC[C](=[Zr+2])c1ccccc1.[Cl-].[Cl-].c1cc[cH-]c1. The van der Waals surface area contributed by atoms with Gasteiger partial charge in [-0.05, 0) is 58.4 Å². The van der Waals surface area contributed by atoms with E-state index in [9.17, 15) is 0 Å². The van der Waals surface area contributed by atoms with E-state index >= 15 is 0 Å². The molecule has 3 aliphatic rings. The summed E-state index contributed by atoms with van der Waals surface area (Å²) in [6.45, 7) is 15.9. The molecule has 0 fully saturated rings. The first kappa shape index (κ1) is 34.3. The van der Waals surface area contributed by atoms with E-state index in [0.717, 1.165) is 6.42 Å². The summed E-state index contributed by atoms with van der Waals surface area (Å²) in [7, 11) is 0. The molecule has 3 heteroatoms. The topological polar surface area (TPSA) is 0 Å². The van der Waals surface area contributed by atoms with Crippen LogP contribution in [0, 0.1) is 6.08 Å². The minimum atomic E-state index is 0. The molecule has 42 heavy (non-hydrogen) atoms. The molecule has 216 valence electrons. The molecular weight excluding hydrogens is 631 g/mol. The van der Waals surface area contributed by atoms with Crippen LogP contribution in [0.25, 0.3) is 22.3 Å². The second-order valence-corrected chi connectivity index (χ2v) is 13.9. The van der Waals surface area contributed by atoms with Gasteiger partial charge in [0.05, 0.1) is 0 Å². The molecule has 0 radical (unpaired) electrons. The summed E-state index contributed by atoms with van der Waals surface area (Å²) in [5.41, 5.74) is 16.0. The molecule has 0 atom stereocenters. The van der Waals surface area contributed by atoms with Gasteiger partial charge in [0.25, 0.3) is 0 Å². The van der Waals surface area contributed by atoms with Crippen molar-refractivity contribution < 1.29 is 49.0 Å². The normalized spacial score (nSPS) is 15.5.